The summed E-state index contributed by atoms with van der Waals surface area (Å²) in [7, 11) is 0. The summed E-state index contributed by atoms with van der Waals surface area (Å²) in [6.07, 6.45) is 6.41. The fraction of sp³-hybridized carbons (Fsp3) is 0.625. The Hall–Kier alpha value is -2.16. The summed E-state index contributed by atoms with van der Waals surface area (Å²) < 4.78 is 5.79. The minimum Gasteiger partial charge on any atom is -0.472 e. The van der Waals surface area contributed by atoms with E-state index in [4.69, 9.17) is 10.00 Å². The topological polar surface area (TPSA) is 87.9 Å². The number of nitrogens with one attached hydrogen (secondary N) is 1. The Labute approximate surface area is 130 Å². The third-order valence-electron chi connectivity index (χ3n) is 3.74. The van der Waals surface area contributed by atoms with E-state index in [-0.39, 0.29) is 29.2 Å². The Bertz CT molecular complexity index is 566. The predicted octanol–water partition coefficient (Wildman–Crippen LogP) is 2.20. The number of nitrogens with zero attached hydrogens (tertiary/aromatic N) is 3. The second-order valence-corrected chi connectivity index (χ2v) is 6.64. The highest BCUT2D eigenvalue weighted by molar-refractivity contribution is 5.81. The highest BCUT2D eigenvalue weighted by Crippen LogP contribution is 2.25. The molecule has 22 heavy (non-hydrogen) atoms. The summed E-state index contributed by atoms with van der Waals surface area (Å²) in [5.74, 6) is 0.379. The molecule has 1 aromatic rings. The van der Waals surface area contributed by atoms with E-state index < -0.39 is 0 Å². The molecule has 1 fully saturated rings. The lowest BCUT2D eigenvalue weighted by Crippen LogP contribution is -2.44. The molecule has 1 amide bonds. The first-order valence-corrected chi connectivity index (χ1v) is 7.59. The molecule has 0 aliphatic heterocycles. The first-order valence-electron chi connectivity index (χ1n) is 7.59. The number of carbonyl (C=O) groups excluding carboxylic acids is 1. The Morgan fingerprint density at radius 1 is 1.27 bits per heavy atom. The van der Waals surface area contributed by atoms with Gasteiger partial charge in [-0.2, -0.15) is 5.26 Å². The van der Waals surface area contributed by atoms with E-state index in [1.807, 2.05) is 26.8 Å². The lowest BCUT2D eigenvalue weighted by Gasteiger charge is -2.31. The first-order chi connectivity index (χ1) is 10.4. The van der Waals surface area contributed by atoms with Crippen LogP contribution < -0.4 is 10.1 Å². The van der Waals surface area contributed by atoms with Crippen LogP contribution in [0.4, 0.5) is 0 Å². The molecular formula is C16H22N4O2. The molecule has 1 heterocycles. The highest BCUT2D eigenvalue weighted by Gasteiger charge is 2.28. The quantitative estimate of drug-likeness (QED) is 0.924. The molecule has 0 spiro atoms. The molecule has 1 saturated carbocycles. The van der Waals surface area contributed by atoms with Crippen molar-refractivity contribution in [1.29, 1.82) is 5.26 Å². The van der Waals surface area contributed by atoms with Crippen molar-refractivity contribution in [2.75, 3.05) is 0 Å². The molecule has 0 radical (unpaired) electrons. The Morgan fingerprint density at radius 3 is 2.50 bits per heavy atom. The van der Waals surface area contributed by atoms with E-state index in [9.17, 15) is 4.79 Å². The van der Waals surface area contributed by atoms with Crippen molar-refractivity contribution in [3.8, 4) is 11.9 Å². The van der Waals surface area contributed by atoms with Gasteiger partial charge in [0.15, 0.2) is 0 Å². The molecule has 0 bridgehead atoms. The van der Waals surface area contributed by atoms with Crippen molar-refractivity contribution < 1.29 is 9.53 Å². The van der Waals surface area contributed by atoms with Crippen LogP contribution in [0.3, 0.4) is 0 Å². The summed E-state index contributed by atoms with van der Waals surface area (Å²) >= 11 is 0. The average Bonchev–Trinajstić information content (AvgIpc) is 2.49. The normalized spacial score (nSPS) is 21.7. The zero-order chi connectivity index (χ0) is 16.2. The maximum Gasteiger partial charge on any atom is 0.251 e. The van der Waals surface area contributed by atoms with Crippen LogP contribution in [0.1, 0.15) is 52.1 Å². The molecule has 0 saturated heterocycles. The van der Waals surface area contributed by atoms with E-state index in [0.29, 0.717) is 5.88 Å². The van der Waals surface area contributed by atoms with Crippen LogP contribution in [0.5, 0.6) is 5.88 Å². The smallest absolute Gasteiger partial charge is 0.251 e. The summed E-state index contributed by atoms with van der Waals surface area (Å²) in [5.41, 5.74) is -0.153. The number of aromatic nitrogens is 2. The van der Waals surface area contributed by atoms with E-state index in [2.05, 4.69) is 15.3 Å². The molecule has 1 aliphatic carbocycles. The van der Waals surface area contributed by atoms with Crippen LogP contribution in [0.15, 0.2) is 12.4 Å². The van der Waals surface area contributed by atoms with Crippen LogP contribution >= 0.6 is 0 Å². The fourth-order valence-corrected chi connectivity index (χ4v) is 2.37. The summed E-state index contributed by atoms with van der Waals surface area (Å²) in [4.78, 5) is 20.0. The summed E-state index contributed by atoms with van der Waals surface area (Å²) in [6.45, 7) is 5.73. The minimum absolute atomic E-state index is 0.0200. The van der Waals surface area contributed by atoms with Gasteiger partial charge in [0.1, 0.15) is 12.2 Å². The van der Waals surface area contributed by atoms with Crippen LogP contribution in [0, 0.1) is 16.7 Å². The monoisotopic (exact) mass is 302 g/mol. The number of nitriles is 1. The molecule has 0 atom stereocenters. The van der Waals surface area contributed by atoms with Crippen molar-refractivity contribution in [2.45, 2.75) is 58.6 Å². The molecule has 0 aromatic carbocycles. The zero-order valence-electron chi connectivity index (χ0n) is 13.3. The summed E-state index contributed by atoms with van der Waals surface area (Å²) in [6, 6.07) is 2.18. The molecule has 118 valence electrons. The van der Waals surface area contributed by atoms with Crippen molar-refractivity contribution in [1.82, 2.24) is 15.3 Å². The number of amides is 1. The standard InChI is InChI=1S/C16H22N4O2/c1-16(2,3)15(21)20-11-4-6-12(7-5-11)22-14-13(10-17)18-8-9-19-14/h8-9,11-12H,4-7H2,1-3H3,(H,20,21). The van der Waals surface area contributed by atoms with Crippen LogP contribution in [-0.2, 0) is 4.79 Å². The number of hydrogen-bond acceptors (Lipinski definition) is 5. The predicted molar refractivity (Wildman–Crippen MR) is 81.0 cm³/mol. The van der Waals surface area contributed by atoms with Crippen molar-refractivity contribution >= 4 is 5.91 Å². The molecule has 6 nitrogen and oxygen atoms in total. The molecule has 2 rings (SSSR count). The van der Waals surface area contributed by atoms with Gasteiger partial charge in [-0.15, -0.1) is 0 Å². The van der Waals surface area contributed by atoms with Gasteiger partial charge in [-0.25, -0.2) is 9.97 Å². The minimum atomic E-state index is -0.366. The number of carbonyl (C=O) groups is 1. The van der Waals surface area contributed by atoms with Crippen LogP contribution in [0.2, 0.25) is 0 Å². The van der Waals surface area contributed by atoms with Gasteiger partial charge in [0.25, 0.3) is 5.88 Å². The first kappa shape index (κ1) is 16.2. The third-order valence-corrected chi connectivity index (χ3v) is 3.74. The van der Waals surface area contributed by atoms with Crippen molar-refractivity contribution in [2.24, 2.45) is 5.41 Å². The molecule has 6 heteroatoms. The van der Waals surface area contributed by atoms with Gasteiger partial charge in [0.05, 0.1) is 0 Å². The number of rotatable bonds is 3. The van der Waals surface area contributed by atoms with Gasteiger partial charge in [0.2, 0.25) is 11.6 Å². The number of hydrogen-bond donors (Lipinski definition) is 1. The largest absolute Gasteiger partial charge is 0.472 e. The molecule has 0 unspecified atom stereocenters. The van der Waals surface area contributed by atoms with Crippen molar-refractivity contribution in [3.05, 3.63) is 18.1 Å². The molecular weight excluding hydrogens is 280 g/mol. The molecule has 1 N–H and O–H groups in total. The summed E-state index contributed by atoms with van der Waals surface area (Å²) in [5, 5.41) is 12.1. The van der Waals surface area contributed by atoms with Gasteiger partial charge in [-0.3, -0.25) is 4.79 Å². The van der Waals surface area contributed by atoms with Crippen LogP contribution in [-0.4, -0.2) is 28.0 Å². The Morgan fingerprint density at radius 2 is 1.91 bits per heavy atom. The highest BCUT2D eigenvalue weighted by atomic mass is 16.5. The van der Waals surface area contributed by atoms with Gasteiger partial charge < -0.3 is 10.1 Å². The maximum atomic E-state index is 12.0. The second-order valence-electron chi connectivity index (χ2n) is 6.64. The Kier molecular flexibility index (Phi) is 4.96. The van der Waals surface area contributed by atoms with Gasteiger partial charge >= 0.3 is 0 Å². The van der Waals surface area contributed by atoms with Crippen molar-refractivity contribution in [3.63, 3.8) is 0 Å². The molecule has 1 aliphatic rings. The molecule has 1 aromatic heterocycles. The third kappa shape index (κ3) is 4.17. The maximum absolute atomic E-state index is 12.0. The fourth-order valence-electron chi connectivity index (χ4n) is 2.37. The second kappa shape index (κ2) is 6.73. The Balaban J connectivity index is 1.85. The van der Waals surface area contributed by atoms with Gasteiger partial charge in [-0.05, 0) is 25.7 Å². The van der Waals surface area contributed by atoms with Crippen LogP contribution in [0.25, 0.3) is 0 Å². The lowest BCUT2D eigenvalue weighted by atomic mass is 9.90. The van der Waals surface area contributed by atoms with E-state index in [1.165, 1.54) is 12.4 Å². The number of ether oxygens (including phenoxy) is 1. The van der Waals surface area contributed by atoms with E-state index >= 15 is 0 Å². The van der Waals surface area contributed by atoms with E-state index in [1.54, 1.807) is 0 Å². The average molecular weight is 302 g/mol. The lowest BCUT2D eigenvalue weighted by molar-refractivity contribution is -0.129. The van der Waals surface area contributed by atoms with E-state index in [0.717, 1.165) is 25.7 Å². The van der Waals surface area contributed by atoms with Gasteiger partial charge in [0, 0.05) is 23.9 Å². The zero-order valence-corrected chi connectivity index (χ0v) is 13.3. The SMILES string of the molecule is CC(C)(C)C(=O)NC1CCC(Oc2nccnc2C#N)CC1. The van der Waals surface area contributed by atoms with Gasteiger partial charge in [-0.1, -0.05) is 20.8 Å².